The Morgan fingerprint density at radius 1 is 1.11 bits per heavy atom. The van der Waals surface area contributed by atoms with E-state index in [1.807, 2.05) is 45.2 Å². The van der Waals surface area contributed by atoms with E-state index in [-0.39, 0.29) is 23.6 Å². The number of amides is 1. The van der Waals surface area contributed by atoms with Gasteiger partial charge in [-0.15, -0.1) is 0 Å². The Balaban J connectivity index is 1.77. The summed E-state index contributed by atoms with van der Waals surface area (Å²) in [6.45, 7) is 0.0890. The van der Waals surface area contributed by atoms with Crippen molar-refractivity contribution in [2.45, 2.75) is 12.8 Å². The molecular formula is C24H14F3I2N3O4. The van der Waals surface area contributed by atoms with Gasteiger partial charge in [-0.3, -0.25) is 14.9 Å². The van der Waals surface area contributed by atoms with Crippen LogP contribution in [0.15, 0.2) is 66.2 Å². The minimum Gasteiger partial charge on any atom is -0.487 e. The molecule has 0 saturated heterocycles. The van der Waals surface area contributed by atoms with Crippen LogP contribution < -0.4 is 10.1 Å². The van der Waals surface area contributed by atoms with Gasteiger partial charge in [0, 0.05) is 17.8 Å². The van der Waals surface area contributed by atoms with E-state index < -0.39 is 22.6 Å². The number of carbonyl (C=O) groups is 1. The summed E-state index contributed by atoms with van der Waals surface area (Å²) in [6, 6.07) is 15.3. The van der Waals surface area contributed by atoms with Crippen molar-refractivity contribution in [2.75, 3.05) is 5.32 Å². The quantitative estimate of drug-likeness (QED) is 0.0937. The van der Waals surface area contributed by atoms with Gasteiger partial charge in [0.1, 0.15) is 24.0 Å². The van der Waals surface area contributed by atoms with Crippen molar-refractivity contribution in [3.63, 3.8) is 0 Å². The van der Waals surface area contributed by atoms with Gasteiger partial charge in [-0.1, -0.05) is 18.2 Å². The smallest absolute Gasteiger partial charge is 0.416 e. The van der Waals surface area contributed by atoms with E-state index in [4.69, 9.17) is 4.74 Å². The number of nitriles is 1. The number of alkyl halides is 3. The van der Waals surface area contributed by atoms with Crippen molar-refractivity contribution in [3.05, 3.63) is 100 Å². The lowest BCUT2D eigenvalue weighted by Crippen LogP contribution is -2.14. The van der Waals surface area contributed by atoms with Crippen molar-refractivity contribution in [3.8, 4) is 11.8 Å². The lowest BCUT2D eigenvalue weighted by atomic mass is 10.1. The monoisotopic (exact) mass is 719 g/mol. The van der Waals surface area contributed by atoms with Crippen LogP contribution in [-0.4, -0.2) is 10.8 Å². The molecule has 1 amide bonds. The number of benzene rings is 3. The van der Waals surface area contributed by atoms with Crippen LogP contribution >= 0.6 is 45.2 Å². The summed E-state index contributed by atoms with van der Waals surface area (Å²) in [5.41, 5.74) is -0.254. The average molecular weight is 719 g/mol. The van der Waals surface area contributed by atoms with Gasteiger partial charge in [0.2, 0.25) is 0 Å². The molecule has 36 heavy (non-hydrogen) atoms. The molecule has 1 N–H and O–H groups in total. The van der Waals surface area contributed by atoms with Gasteiger partial charge >= 0.3 is 6.18 Å². The van der Waals surface area contributed by atoms with Crippen LogP contribution in [-0.2, 0) is 17.6 Å². The fraction of sp³-hybridized carbons (Fsp3) is 0.0833. The first-order valence-corrected chi connectivity index (χ1v) is 12.1. The van der Waals surface area contributed by atoms with Crippen LogP contribution in [0.25, 0.3) is 6.08 Å². The van der Waals surface area contributed by atoms with E-state index in [2.05, 4.69) is 5.32 Å². The number of nitrogens with one attached hydrogen (secondary N) is 1. The van der Waals surface area contributed by atoms with Crippen molar-refractivity contribution < 1.29 is 27.6 Å². The number of hydrogen-bond donors (Lipinski definition) is 1. The lowest BCUT2D eigenvalue weighted by Gasteiger charge is -2.12. The predicted octanol–water partition coefficient (Wildman–Crippen LogP) is 6.95. The van der Waals surface area contributed by atoms with Gasteiger partial charge in [-0.05, 0) is 92.7 Å². The van der Waals surface area contributed by atoms with Gasteiger partial charge in [-0.2, -0.15) is 18.4 Å². The molecule has 0 saturated carbocycles. The van der Waals surface area contributed by atoms with Crippen LogP contribution in [0, 0.1) is 28.6 Å². The summed E-state index contributed by atoms with van der Waals surface area (Å²) in [5, 5.41) is 22.7. The molecule has 0 spiro atoms. The molecule has 0 atom stereocenters. The van der Waals surface area contributed by atoms with Crippen molar-refractivity contribution in [2.24, 2.45) is 0 Å². The third-order valence-corrected chi connectivity index (χ3v) is 6.25. The van der Waals surface area contributed by atoms with Crippen LogP contribution in [0.1, 0.15) is 16.7 Å². The van der Waals surface area contributed by atoms with Crippen LogP contribution in [0.3, 0.4) is 0 Å². The Labute approximate surface area is 230 Å². The molecule has 12 heteroatoms. The maximum absolute atomic E-state index is 12.9. The van der Waals surface area contributed by atoms with Gasteiger partial charge in [0.25, 0.3) is 11.6 Å². The first kappa shape index (κ1) is 27.4. The molecule has 3 aromatic rings. The van der Waals surface area contributed by atoms with E-state index >= 15 is 0 Å². The zero-order chi connectivity index (χ0) is 26.5. The number of non-ortho nitro benzene ring substituents is 1. The lowest BCUT2D eigenvalue weighted by molar-refractivity contribution is -0.384. The Hall–Kier alpha value is -3.19. The normalized spacial score (nSPS) is 11.5. The SMILES string of the molecule is N#C/C(=C/c1cc(I)c(OCc2cccc([N+](=O)[O-])c2)c(I)c1)C(=O)Nc1cccc(C(F)(F)F)c1. The number of carbonyl (C=O) groups excluding carboxylic acids is 1. The second-order valence-electron chi connectivity index (χ2n) is 7.23. The number of nitrogens with zero attached hydrogens (tertiary/aromatic N) is 2. The number of hydrogen-bond acceptors (Lipinski definition) is 5. The zero-order valence-corrected chi connectivity index (χ0v) is 22.3. The fourth-order valence-corrected chi connectivity index (χ4v) is 5.13. The molecule has 0 heterocycles. The molecule has 184 valence electrons. The summed E-state index contributed by atoms with van der Waals surface area (Å²) in [4.78, 5) is 23.0. The second-order valence-corrected chi connectivity index (χ2v) is 9.56. The minimum atomic E-state index is -4.57. The zero-order valence-electron chi connectivity index (χ0n) is 18.0. The predicted molar refractivity (Wildman–Crippen MR) is 143 cm³/mol. The molecule has 0 aliphatic rings. The van der Waals surface area contributed by atoms with Crippen LogP contribution in [0.5, 0.6) is 5.75 Å². The van der Waals surface area contributed by atoms with E-state index in [9.17, 15) is 33.3 Å². The van der Waals surface area contributed by atoms with E-state index in [1.165, 1.54) is 24.3 Å². The highest BCUT2D eigenvalue weighted by molar-refractivity contribution is 14.1. The fourth-order valence-electron chi connectivity index (χ4n) is 3.00. The first-order chi connectivity index (χ1) is 17.0. The van der Waals surface area contributed by atoms with E-state index in [1.54, 1.807) is 30.3 Å². The minimum absolute atomic E-state index is 0.0478. The molecule has 0 radical (unpaired) electrons. The molecule has 0 fully saturated rings. The summed E-state index contributed by atoms with van der Waals surface area (Å²) < 4.78 is 45.9. The molecule has 0 bridgehead atoms. The molecule has 7 nitrogen and oxygen atoms in total. The molecule has 0 unspecified atom stereocenters. The van der Waals surface area contributed by atoms with Crippen molar-refractivity contribution in [1.82, 2.24) is 0 Å². The molecule has 0 aromatic heterocycles. The number of rotatable bonds is 7. The van der Waals surface area contributed by atoms with Crippen LogP contribution in [0.4, 0.5) is 24.5 Å². The first-order valence-electron chi connectivity index (χ1n) is 9.93. The number of halogens is 5. The molecule has 3 aromatic carbocycles. The molecular weight excluding hydrogens is 705 g/mol. The van der Waals surface area contributed by atoms with Crippen molar-refractivity contribution in [1.29, 1.82) is 5.26 Å². The maximum Gasteiger partial charge on any atom is 0.416 e. The number of nitro benzene ring substituents is 1. The maximum atomic E-state index is 12.9. The van der Waals surface area contributed by atoms with Gasteiger partial charge in [0.05, 0.1) is 17.6 Å². The van der Waals surface area contributed by atoms with Gasteiger partial charge in [0.15, 0.2) is 0 Å². The largest absolute Gasteiger partial charge is 0.487 e. The third kappa shape index (κ3) is 7.17. The van der Waals surface area contributed by atoms with E-state index in [0.717, 1.165) is 18.2 Å². The number of anilines is 1. The Kier molecular flexibility index (Phi) is 8.90. The van der Waals surface area contributed by atoms with Gasteiger partial charge in [-0.25, -0.2) is 0 Å². The topological polar surface area (TPSA) is 105 Å². The summed E-state index contributed by atoms with van der Waals surface area (Å²) >= 11 is 4.04. The van der Waals surface area contributed by atoms with Gasteiger partial charge < -0.3 is 10.1 Å². The van der Waals surface area contributed by atoms with E-state index in [0.29, 0.717) is 24.0 Å². The standard InChI is InChI=1S/C24H14F3I2N3O4/c25-24(26,27)17-4-2-5-18(11-17)31-23(33)16(12-30)7-15-9-20(28)22(21(29)10-15)36-13-14-3-1-6-19(8-14)32(34)35/h1-11H,13H2,(H,31,33)/b16-7-. The molecule has 3 rings (SSSR count). The third-order valence-electron chi connectivity index (χ3n) is 4.65. The summed E-state index contributed by atoms with van der Waals surface area (Å²) in [6.07, 6.45) is -3.25. The highest BCUT2D eigenvalue weighted by Crippen LogP contribution is 2.32. The highest BCUT2D eigenvalue weighted by atomic mass is 127. The second kappa shape index (κ2) is 11.7. The number of ether oxygens (including phenoxy) is 1. The average Bonchev–Trinajstić information content (AvgIpc) is 2.81. The molecule has 0 aliphatic carbocycles. The summed E-state index contributed by atoms with van der Waals surface area (Å²) in [5.74, 6) is -0.334. The summed E-state index contributed by atoms with van der Waals surface area (Å²) in [7, 11) is 0. The van der Waals surface area contributed by atoms with Crippen molar-refractivity contribution >= 4 is 68.5 Å². The molecule has 0 aliphatic heterocycles. The Bertz CT molecular complexity index is 1380. The van der Waals surface area contributed by atoms with Crippen LogP contribution in [0.2, 0.25) is 0 Å². The number of nitro groups is 1. The Morgan fingerprint density at radius 2 is 1.78 bits per heavy atom. The highest BCUT2D eigenvalue weighted by Gasteiger charge is 2.30. The Morgan fingerprint density at radius 3 is 2.39 bits per heavy atom.